The van der Waals surface area contributed by atoms with Crippen LogP contribution in [0.5, 0.6) is 0 Å². The molecule has 0 radical (unpaired) electrons. The molecule has 0 fully saturated rings. The number of ether oxygens (including phenoxy) is 1. The molecule has 0 aromatic carbocycles. The highest BCUT2D eigenvalue weighted by atomic mass is 31.2. The van der Waals surface area contributed by atoms with Crippen LogP contribution in [0.4, 0.5) is 0 Å². The number of rotatable bonds is 12. The summed E-state index contributed by atoms with van der Waals surface area (Å²) < 4.78 is 20.5. The Kier molecular flexibility index (Phi) is 9.79. The van der Waals surface area contributed by atoms with Gasteiger partial charge in [-0.25, -0.2) is 13.9 Å². The van der Waals surface area contributed by atoms with E-state index in [0.717, 1.165) is 25.3 Å². The monoisotopic (exact) mass is 322 g/mol. The van der Waals surface area contributed by atoms with Crippen LogP contribution in [0.15, 0.2) is 12.7 Å². The van der Waals surface area contributed by atoms with Crippen molar-refractivity contribution >= 4 is 13.8 Å². The van der Waals surface area contributed by atoms with Gasteiger partial charge < -0.3 is 14.5 Å². The highest BCUT2D eigenvalue weighted by molar-refractivity contribution is 7.46. The molecule has 0 saturated carbocycles. The number of unbranched alkanes of at least 4 members (excludes halogenated alkanes) is 6. The predicted molar refractivity (Wildman–Crippen MR) is 80.4 cm³/mol. The number of hydrogen-bond acceptors (Lipinski definition) is 4. The molecule has 0 aromatic rings. The lowest BCUT2D eigenvalue weighted by atomic mass is 10.1. The molecule has 0 aliphatic rings. The molecule has 0 rings (SSSR count). The minimum Gasteiger partial charge on any atom is -0.430 e. The Morgan fingerprint density at radius 2 is 1.71 bits per heavy atom. The van der Waals surface area contributed by atoms with Crippen molar-refractivity contribution < 1.29 is 28.4 Å². The van der Waals surface area contributed by atoms with Crippen molar-refractivity contribution in [3.8, 4) is 0 Å². The smallest absolute Gasteiger partial charge is 0.430 e. The summed E-state index contributed by atoms with van der Waals surface area (Å²) in [5.74, 6) is -2.40. The maximum absolute atomic E-state index is 11.2. The van der Waals surface area contributed by atoms with E-state index in [0.29, 0.717) is 6.42 Å². The number of hydrogen-bond donors (Lipinski definition) is 2. The Morgan fingerprint density at radius 1 is 1.19 bits per heavy atom. The topological polar surface area (TPSA) is 93.1 Å². The van der Waals surface area contributed by atoms with E-state index in [9.17, 15) is 9.36 Å². The van der Waals surface area contributed by atoms with E-state index in [1.54, 1.807) is 0 Å². The first-order valence-electron chi connectivity index (χ1n) is 7.34. The third-order valence-electron chi connectivity index (χ3n) is 3.03. The van der Waals surface area contributed by atoms with Crippen molar-refractivity contribution in [1.82, 2.24) is 0 Å². The normalized spacial score (nSPS) is 14.5. The molecule has 0 aliphatic heterocycles. The molecule has 0 saturated heterocycles. The van der Waals surface area contributed by atoms with Crippen LogP contribution in [0.3, 0.4) is 0 Å². The van der Waals surface area contributed by atoms with Gasteiger partial charge in [0.15, 0.2) is 0 Å². The van der Waals surface area contributed by atoms with Crippen molar-refractivity contribution in [3.05, 3.63) is 12.7 Å². The van der Waals surface area contributed by atoms with Crippen LogP contribution in [0, 0.1) is 0 Å². The second kappa shape index (κ2) is 10.1. The highest BCUT2D eigenvalue weighted by Gasteiger charge is 2.36. The molecule has 0 heterocycles. The van der Waals surface area contributed by atoms with Gasteiger partial charge in [0.25, 0.3) is 0 Å². The third-order valence-corrected chi connectivity index (χ3v) is 3.65. The summed E-state index contributed by atoms with van der Waals surface area (Å²) in [4.78, 5) is 29.1. The van der Waals surface area contributed by atoms with Crippen LogP contribution in [0.2, 0.25) is 0 Å². The molecule has 0 bridgehead atoms. The summed E-state index contributed by atoms with van der Waals surface area (Å²) >= 11 is 0. The SMILES string of the molecule is C=CC(=O)OC(C)(CCCCCCCCC)OP(=O)(O)O. The standard InChI is InChI=1S/C14H27O6P/c1-4-6-7-8-9-10-11-12-14(3,19-13(15)5-2)20-21(16,17)18/h5H,2,4,6-12H2,1,3H3,(H2,16,17,18). The van der Waals surface area contributed by atoms with Gasteiger partial charge in [-0.1, -0.05) is 52.0 Å². The molecule has 2 N–H and O–H groups in total. The quantitative estimate of drug-likeness (QED) is 0.187. The molecule has 6 nitrogen and oxygen atoms in total. The molecular formula is C14H27O6P. The van der Waals surface area contributed by atoms with Crippen molar-refractivity contribution in [2.24, 2.45) is 0 Å². The molecular weight excluding hydrogens is 295 g/mol. The minimum atomic E-state index is -4.74. The van der Waals surface area contributed by atoms with Crippen molar-refractivity contribution in [3.63, 3.8) is 0 Å². The number of phosphoric ester groups is 1. The van der Waals surface area contributed by atoms with E-state index < -0.39 is 19.6 Å². The van der Waals surface area contributed by atoms with Gasteiger partial charge in [-0.2, -0.15) is 0 Å². The van der Waals surface area contributed by atoms with E-state index in [1.165, 1.54) is 26.2 Å². The van der Waals surface area contributed by atoms with Gasteiger partial charge in [-0.05, 0) is 6.42 Å². The van der Waals surface area contributed by atoms with E-state index in [4.69, 9.17) is 14.5 Å². The van der Waals surface area contributed by atoms with Gasteiger partial charge in [-0.15, -0.1) is 0 Å². The predicted octanol–water partition coefficient (Wildman–Crippen LogP) is 3.68. The van der Waals surface area contributed by atoms with Crippen LogP contribution in [-0.4, -0.2) is 21.5 Å². The first-order valence-corrected chi connectivity index (χ1v) is 8.87. The van der Waals surface area contributed by atoms with Gasteiger partial charge in [0.1, 0.15) is 0 Å². The van der Waals surface area contributed by atoms with Crippen LogP contribution >= 0.6 is 7.82 Å². The molecule has 124 valence electrons. The van der Waals surface area contributed by atoms with Gasteiger partial charge in [-0.3, -0.25) is 0 Å². The molecule has 0 aromatic heterocycles. The van der Waals surface area contributed by atoms with Gasteiger partial charge in [0.2, 0.25) is 5.79 Å². The van der Waals surface area contributed by atoms with Gasteiger partial charge >= 0.3 is 13.8 Å². The van der Waals surface area contributed by atoms with Crippen molar-refractivity contribution in [2.75, 3.05) is 0 Å². The maximum atomic E-state index is 11.2. The average Bonchev–Trinajstić information content (AvgIpc) is 2.35. The molecule has 0 aliphatic carbocycles. The van der Waals surface area contributed by atoms with E-state index in [1.807, 2.05) is 0 Å². The second-order valence-electron chi connectivity index (χ2n) is 5.21. The molecule has 0 amide bonds. The fraction of sp³-hybridized carbons (Fsp3) is 0.786. The summed E-state index contributed by atoms with van der Waals surface area (Å²) in [5.41, 5.74) is 0. The van der Waals surface area contributed by atoms with Gasteiger partial charge in [0, 0.05) is 19.4 Å². The Hall–Kier alpha value is -0.680. The van der Waals surface area contributed by atoms with Crippen molar-refractivity contribution in [1.29, 1.82) is 0 Å². The number of phosphoric acid groups is 1. The fourth-order valence-electron chi connectivity index (χ4n) is 2.02. The van der Waals surface area contributed by atoms with Crippen LogP contribution in [-0.2, 0) is 18.6 Å². The summed E-state index contributed by atoms with van der Waals surface area (Å²) in [6, 6.07) is 0. The maximum Gasteiger partial charge on any atom is 0.472 e. The second-order valence-corrected chi connectivity index (χ2v) is 6.38. The van der Waals surface area contributed by atoms with E-state index in [-0.39, 0.29) is 6.42 Å². The van der Waals surface area contributed by atoms with Crippen LogP contribution < -0.4 is 0 Å². The first-order chi connectivity index (χ1) is 9.72. The Bertz CT molecular complexity index is 364. The number of esters is 1. The largest absolute Gasteiger partial charge is 0.472 e. The highest BCUT2D eigenvalue weighted by Crippen LogP contribution is 2.43. The van der Waals surface area contributed by atoms with Crippen LogP contribution in [0.1, 0.15) is 65.2 Å². The molecule has 0 spiro atoms. The van der Waals surface area contributed by atoms with E-state index >= 15 is 0 Å². The van der Waals surface area contributed by atoms with Crippen molar-refractivity contribution in [2.45, 2.75) is 71.0 Å². The van der Waals surface area contributed by atoms with Crippen LogP contribution in [0.25, 0.3) is 0 Å². The Balaban J connectivity index is 4.25. The molecule has 1 atom stereocenters. The summed E-state index contributed by atoms with van der Waals surface area (Å²) in [7, 11) is -4.74. The number of carbonyl (C=O) groups is 1. The molecule has 1 unspecified atom stereocenters. The zero-order chi connectivity index (χ0) is 16.4. The molecule has 21 heavy (non-hydrogen) atoms. The van der Waals surface area contributed by atoms with E-state index in [2.05, 4.69) is 18.0 Å². The summed E-state index contributed by atoms with van der Waals surface area (Å²) in [6.07, 6.45) is 8.50. The number of carbonyl (C=O) groups excluding carboxylic acids is 1. The lowest BCUT2D eigenvalue weighted by Crippen LogP contribution is -2.33. The minimum absolute atomic E-state index is 0.228. The summed E-state index contributed by atoms with van der Waals surface area (Å²) in [6.45, 7) is 6.76. The average molecular weight is 322 g/mol. The third kappa shape index (κ3) is 11.6. The lowest BCUT2D eigenvalue weighted by Gasteiger charge is -2.28. The molecule has 7 heteroatoms. The Morgan fingerprint density at radius 3 is 2.19 bits per heavy atom. The first kappa shape index (κ1) is 20.3. The zero-order valence-corrected chi connectivity index (χ0v) is 13.8. The zero-order valence-electron chi connectivity index (χ0n) is 12.9. The lowest BCUT2D eigenvalue weighted by molar-refractivity contribution is -0.193. The fourth-order valence-corrected chi connectivity index (χ4v) is 2.66. The van der Waals surface area contributed by atoms with Gasteiger partial charge in [0.05, 0.1) is 0 Å². The Labute approximate surface area is 126 Å². The summed E-state index contributed by atoms with van der Waals surface area (Å²) in [5, 5.41) is 0.